The number of nitrogens with zero attached hydrogens (tertiary/aromatic N) is 1. The van der Waals surface area contributed by atoms with Crippen molar-refractivity contribution in [2.75, 3.05) is 14.2 Å². The number of carbonyl (C=O) groups is 2. The van der Waals surface area contributed by atoms with Crippen molar-refractivity contribution in [2.45, 2.75) is 19.8 Å². The van der Waals surface area contributed by atoms with E-state index in [-0.39, 0.29) is 5.91 Å². The molecule has 1 N–H and O–H groups in total. The van der Waals surface area contributed by atoms with Crippen molar-refractivity contribution in [3.63, 3.8) is 0 Å². The SMILES string of the molecule is CCC1(C(=O)O)CC1C(=O)N(C)OC. The highest BCUT2D eigenvalue weighted by Gasteiger charge is 2.63. The molecule has 0 radical (unpaired) electrons. The number of amides is 1. The number of hydrogen-bond donors (Lipinski definition) is 1. The molecule has 5 heteroatoms. The molecule has 1 fully saturated rings. The number of rotatable bonds is 4. The Hall–Kier alpha value is -1.10. The second-order valence-corrected chi connectivity index (χ2v) is 3.59. The first-order chi connectivity index (χ1) is 6.49. The lowest BCUT2D eigenvalue weighted by Gasteiger charge is -2.15. The number of hydrogen-bond acceptors (Lipinski definition) is 3. The topological polar surface area (TPSA) is 66.8 Å². The van der Waals surface area contributed by atoms with Crippen molar-refractivity contribution < 1.29 is 19.5 Å². The molecule has 0 aromatic carbocycles. The molecule has 80 valence electrons. The molecule has 0 heterocycles. The largest absolute Gasteiger partial charge is 0.481 e. The van der Waals surface area contributed by atoms with E-state index < -0.39 is 17.3 Å². The van der Waals surface area contributed by atoms with Crippen LogP contribution in [0.3, 0.4) is 0 Å². The first-order valence-electron chi connectivity index (χ1n) is 4.54. The third-order valence-corrected chi connectivity index (χ3v) is 3.01. The highest BCUT2D eigenvalue weighted by Crippen LogP contribution is 2.56. The van der Waals surface area contributed by atoms with Crippen molar-refractivity contribution in [3.05, 3.63) is 0 Å². The van der Waals surface area contributed by atoms with Crippen molar-refractivity contribution >= 4 is 11.9 Å². The van der Waals surface area contributed by atoms with Gasteiger partial charge in [-0.3, -0.25) is 14.4 Å². The molecule has 5 nitrogen and oxygen atoms in total. The second kappa shape index (κ2) is 3.57. The summed E-state index contributed by atoms with van der Waals surface area (Å²) >= 11 is 0. The van der Waals surface area contributed by atoms with Crippen LogP contribution in [0.2, 0.25) is 0 Å². The zero-order valence-electron chi connectivity index (χ0n) is 8.61. The summed E-state index contributed by atoms with van der Waals surface area (Å²) in [6, 6.07) is 0. The number of carboxylic acids is 1. The fraction of sp³-hybridized carbons (Fsp3) is 0.778. The lowest BCUT2D eigenvalue weighted by atomic mass is 10.0. The van der Waals surface area contributed by atoms with Crippen LogP contribution in [0, 0.1) is 11.3 Å². The van der Waals surface area contributed by atoms with Crippen molar-refractivity contribution in [1.82, 2.24) is 5.06 Å². The summed E-state index contributed by atoms with van der Waals surface area (Å²) in [6.07, 6.45) is 0.904. The van der Waals surface area contributed by atoms with Gasteiger partial charge in [0.1, 0.15) is 0 Å². The third kappa shape index (κ3) is 1.48. The van der Waals surface area contributed by atoms with E-state index in [2.05, 4.69) is 0 Å². The van der Waals surface area contributed by atoms with Crippen LogP contribution in [0.1, 0.15) is 19.8 Å². The minimum absolute atomic E-state index is 0.253. The van der Waals surface area contributed by atoms with E-state index in [0.717, 1.165) is 5.06 Å². The molecule has 1 rings (SSSR count). The molecule has 1 saturated carbocycles. The molecule has 0 bridgehead atoms. The molecule has 1 aliphatic carbocycles. The summed E-state index contributed by atoms with van der Waals surface area (Å²) in [4.78, 5) is 27.2. The first kappa shape index (κ1) is 11.0. The van der Waals surface area contributed by atoms with Crippen LogP contribution in [0.4, 0.5) is 0 Å². The lowest BCUT2D eigenvalue weighted by molar-refractivity contribution is -0.172. The highest BCUT2D eigenvalue weighted by atomic mass is 16.7. The monoisotopic (exact) mass is 201 g/mol. The molecule has 14 heavy (non-hydrogen) atoms. The molecular weight excluding hydrogens is 186 g/mol. The van der Waals surface area contributed by atoms with Crippen LogP contribution in [0.25, 0.3) is 0 Å². The Morgan fingerprint density at radius 1 is 1.64 bits per heavy atom. The van der Waals surface area contributed by atoms with Gasteiger partial charge in [-0.05, 0) is 12.8 Å². The van der Waals surface area contributed by atoms with Gasteiger partial charge in [0.05, 0.1) is 18.4 Å². The van der Waals surface area contributed by atoms with Crippen molar-refractivity contribution in [2.24, 2.45) is 11.3 Å². The summed E-state index contributed by atoms with van der Waals surface area (Å²) < 4.78 is 0. The van der Waals surface area contributed by atoms with Crippen molar-refractivity contribution in [1.29, 1.82) is 0 Å². The molecule has 2 atom stereocenters. The van der Waals surface area contributed by atoms with E-state index in [1.54, 1.807) is 6.92 Å². The molecule has 0 saturated heterocycles. The molecule has 2 unspecified atom stereocenters. The molecule has 1 aliphatic rings. The summed E-state index contributed by atoms with van der Waals surface area (Å²) in [5.74, 6) is -1.56. The number of aliphatic carboxylic acids is 1. The van der Waals surface area contributed by atoms with Crippen molar-refractivity contribution in [3.8, 4) is 0 Å². The van der Waals surface area contributed by atoms with Gasteiger partial charge in [0, 0.05) is 7.05 Å². The van der Waals surface area contributed by atoms with E-state index in [1.807, 2.05) is 0 Å². The highest BCUT2D eigenvalue weighted by molar-refractivity contribution is 5.92. The van der Waals surface area contributed by atoms with Gasteiger partial charge in [-0.25, -0.2) is 5.06 Å². The Morgan fingerprint density at radius 2 is 2.21 bits per heavy atom. The minimum Gasteiger partial charge on any atom is -0.481 e. The fourth-order valence-corrected chi connectivity index (χ4v) is 1.72. The predicted molar refractivity (Wildman–Crippen MR) is 48.2 cm³/mol. The quantitative estimate of drug-likeness (QED) is 0.673. The number of hydroxylamine groups is 2. The lowest BCUT2D eigenvalue weighted by Crippen LogP contribution is -2.31. The molecule has 0 spiro atoms. The van der Waals surface area contributed by atoms with Gasteiger partial charge in [0.25, 0.3) is 0 Å². The van der Waals surface area contributed by atoms with Gasteiger partial charge in [0.15, 0.2) is 0 Å². The molecule has 1 amide bonds. The Morgan fingerprint density at radius 3 is 2.50 bits per heavy atom. The van der Waals surface area contributed by atoms with Gasteiger partial charge in [-0.2, -0.15) is 0 Å². The van der Waals surface area contributed by atoms with Crippen LogP contribution in [0.5, 0.6) is 0 Å². The molecule has 0 aromatic rings. The van der Waals surface area contributed by atoms with E-state index in [0.29, 0.717) is 12.8 Å². The predicted octanol–water partition coefficient (Wildman–Crippen LogP) is 0.507. The van der Waals surface area contributed by atoms with Crippen LogP contribution in [-0.2, 0) is 14.4 Å². The number of carboxylic acid groups (broad SMARTS) is 1. The van der Waals surface area contributed by atoms with E-state index in [1.165, 1.54) is 14.2 Å². The smallest absolute Gasteiger partial charge is 0.310 e. The summed E-state index contributed by atoms with van der Waals surface area (Å²) in [5.41, 5.74) is -0.843. The number of carbonyl (C=O) groups excluding carboxylic acids is 1. The standard InChI is InChI=1S/C9H15NO4/c1-4-9(8(12)13)5-6(9)7(11)10(2)14-3/h6H,4-5H2,1-3H3,(H,12,13). The van der Waals surface area contributed by atoms with E-state index >= 15 is 0 Å². The molecule has 0 aliphatic heterocycles. The van der Waals surface area contributed by atoms with Crippen LogP contribution < -0.4 is 0 Å². The van der Waals surface area contributed by atoms with Gasteiger partial charge in [-0.1, -0.05) is 6.92 Å². The molecular formula is C9H15NO4. The summed E-state index contributed by atoms with van der Waals surface area (Å²) in [7, 11) is 2.87. The van der Waals surface area contributed by atoms with Crippen LogP contribution in [0.15, 0.2) is 0 Å². The maximum Gasteiger partial charge on any atom is 0.310 e. The average molecular weight is 201 g/mol. The minimum atomic E-state index is -0.886. The van der Waals surface area contributed by atoms with Gasteiger partial charge >= 0.3 is 5.97 Å². The van der Waals surface area contributed by atoms with Gasteiger partial charge in [0.2, 0.25) is 5.91 Å². The summed E-state index contributed by atoms with van der Waals surface area (Å²) in [6.45, 7) is 1.79. The third-order valence-electron chi connectivity index (χ3n) is 3.01. The van der Waals surface area contributed by atoms with Crippen LogP contribution in [-0.4, -0.2) is 36.2 Å². The second-order valence-electron chi connectivity index (χ2n) is 3.59. The summed E-state index contributed by atoms with van der Waals surface area (Å²) in [5, 5.41) is 10.1. The molecule has 0 aromatic heterocycles. The fourth-order valence-electron chi connectivity index (χ4n) is 1.72. The first-order valence-corrected chi connectivity index (χ1v) is 4.54. The maximum atomic E-state index is 11.6. The van der Waals surface area contributed by atoms with Gasteiger partial charge < -0.3 is 5.11 Å². The normalized spacial score (nSPS) is 29.8. The van der Waals surface area contributed by atoms with Crippen LogP contribution >= 0.6 is 0 Å². The maximum absolute atomic E-state index is 11.6. The Kier molecular flexibility index (Phi) is 2.80. The Labute approximate surface area is 82.6 Å². The zero-order chi connectivity index (χ0) is 10.9. The average Bonchev–Trinajstić information content (AvgIpc) is 2.91. The van der Waals surface area contributed by atoms with E-state index in [4.69, 9.17) is 9.94 Å². The Bertz CT molecular complexity index is 266. The zero-order valence-corrected chi connectivity index (χ0v) is 8.61. The van der Waals surface area contributed by atoms with Gasteiger partial charge in [-0.15, -0.1) is 0 Å². The van der Waals surface area contributed by atoms with E-state index in [9.17, 15) is 9.59 Å². The Balaban J connectivity index is 2.68.